The Hall–Kier alpha value is -0.450. The van der Waals surface area contributed by atoms with Crippen molar-refractivity contribution in [2.45, 2.75) is 52.8 Å². The lowest BCUT2D eigenvalue weighted by Crippen LogP contribution is -2.24. The van der Waals surface area contributed by atoms with Gasteiger partial charge in [0.1, 0.15) is 0 Å². The summed E-state index contributed by atoms with van der Waals surface area (Å²) in [6.45, 7) is 8.07. The summed E-state index contributed by atoms with van der Waals surface area (Å²) in [5.41, 5.74) is 1.10. The molecule has 1 aromatic heterocycles. The number of nitrogens with zero attached hydrogens (tertiary/aromatic N) is 1. The molecule has 0 aliphatic heterocycles. The standard InChI is InChI=1S/C12H22N2OS/c1-5-9(3)13-7-11-10(8-15-4)14-12(6-2)16-11/h9,13H,5-8H2,1-4H3. The molecule has 1 atom stereocenters. The second-order valence-electron chi connectivity index (χ2n) is 3.95. The largest absolute Gasteiger partial charge is 0.378 e. The van der Waals surface area contributed by atoms with Gasteiger partial charge >= 0.3 is 0 Å². The zero-order valence-corrected chi connectivity index (χ0v) is 11.5. The van der Waals surface area contributed by atoms with Crippen molar-refractivity contribution >= 4 is 11.3 Å². The quantitative estimate of drug-likeness (QED) is 0.798. The van der Waals surface area contributed by atoms with Crippen LogP contribution in [0.15, 0.2) is 0 Å². The first kappa shape index (κ1) is 13.6. The SMILES string of the molecule is CCc1nc(COC)c(CNC(C)CC)s1. The summed E-state index contributed by atoms with van der Waals surface area (Å²) in [4.78, 5) is 5.89. The highest BCUT2D eigenvalue weighted by Crippen LogP contribution is 2.20. The molecular weight excluding hydrogens is 220 g/mol. The Bertz CT molecular complexity index is 312. The van der Waals surface area contributed by atoms with E-state index < -0.39 is 0 Å². The molecule has 4 heteroatoms. The van der Waals surface area contributed by atoms with Gasteiger partial charge in [-0.2, -0.15) is 0 Å². The van der Waals surface area contributed by atoms with E-state index in [9.17, 15) is 0 Å². The lowest BCUT2D eigenvalue weighted by Gasteiger charge is -2.10. The molecule has 0 aliphatic carbocycles. The molecule has 16 heavy (non-hydrogen) atoms. The van der Waals surface area contributed by atoms with E-state index >= 15 is 0 Å². The minimum absolute atomic E-state index is 0.558. The Morgan fingerprint density at radius 2 is 2.19 bits per heavy atom. The van der Waals surface area contributed by atoms with Gasteiger partial charge in [-0.15, -0.1) is 11.3 Å². The number of hydrogen-bond donors (Lipinski definition) is 1. The van der Waals surface area contributed by atoms with Crippen LogP contribution in [0.2, 0.25) is 0 Å². The number of ether oxygens (including phenoxy) is 1. The van der Waals surface area contributed by atoms with Gasteiger partial charge in [-0.05, 0) is 19.8 Å². The van der Waals surface area contributed by atoms with Crippen molar-refractivity contribution in [2.75, 3.05) is 7.11 Å². The molecule has 0 radical (unpaired) electrons. The molecule has 0 amide bonds. The van der Waals surface area contributed by atoms with Crippen LogP contribution in [0.3, 0.4) is 0 Å². The third-order valence-corrected chi connectivity index (χ3v) is 3.87. The van der Waals surface area contributed by atoms with Crippen molar-refractivity contribution in [3.63, 3.8) is 0 Å². The number of thiazole rings is 1. The molecule has 0 saturated heterocycles. The first-order chi connectivity index (χ1) is 7.71. The van der Waals surface area contributed by atoms with E-state index in [4.69, 9.17) is 4.74 Å². The van der Waals surface area contributed by atoms with Crippen LogP contribution in [-0.2, 0) is 24.3 Å². The van der Waals surface area contributed by atoms with E-state index in [1.165, 1.54) is 9.88 Å². The van der Waals surface area contributed by atoms with Gasteiger partial charge in [-0.1, -0.05) is 13.8 Å². The maximum Gasteiger partial charge on any atom is 0.0929 e. The van der Waals surface area contributed by atoms with Gasteiger partial charge in [-0.25, -0.2) is 4.98 Å². The van der Waals surface area contributed by atoms with Crippen LogP contribution in [0.5, 0.6) is 0 Å². The average Bonchev–Trinajstić information content (AvgIpc) is 2.69. The van der Waals surface area contributed by atoms with E-state index in [2.05, 4.69) is 31.1 Å². The van der Waals surface area contributed by atoms with Crippen LogP contribution in [0, 0.1) is 0 Å². The van der Waals surface area contributed by atoms with E-state index in [-0.39, 0.29) is 0 Å². The zero-order chi connectivity index (χ0) is 12.0. The maximum atomic E-state index is 5.18. The number of aryl methyl sites for hydroxylation is 1. The topological polar surface area (TPSA) is 34.1 Å². The average molecular weight is 242 g/mol. The highest BCUT2D eigenvalue weighted by molar-refractivity contribution is 7.11. The lowest BCUT2D eigenvalue weighted by atomic mass is 10.2. The van der Waals surface area contributed by atoms with Crippen molar-refractivity contribution in [1.82, 2.24) is 10.3 Å². The predicted molar refractivity (Wildman–Crippen MR) is 68.8 cm³/mol. The lowest BCUT2D eigenvalue weighted by molar-refractivity contribution is 0.181. The van der Waals surface area contributed by atoms with Crippen molar-refractivity contribution < 1.29 is 4.74 Å². The van der Waals surface area contributed by atoms with E-state index in [1.807, 2.05) is 0 Å². The van der Waals surface area contributed by atoms with Crippen LogP contribution in [0.25, 0.3) is 0 Å². The number of hydrogen-bond acceptors (Lipinski definition) is 4. The van der Waals surface area contributed by atoms with Gasteiger partial charge in [0.25, 0.3) is 0 Å². The molecule has 1 N–H and O–H groups in total. The normalized spacial score (nSPS) is 13.0. The number of rotatable bonds is 7. The first-order valence-electron chi connectivity index (χ1n) is 5.91. The van der Waals surface area contributed by atoms with E-state index in [1.54, 1.807) is 18.4 Å². The van der Waals surface area contributed by atoms with Crippen LogP contribution in [0.1, 0.15) is 42.8 Å². The number of methoxy groups -OCH3 is 1. The summed E-state index contributed by atoms with van der Waals surface area (Å²) in [6.07, 6.45) is 2.16. The minimum atomic E-state index is 0.558. The predicted octanol–water partition coefficient (Wildman–Crippen LogP) is 2.74. The van der Waals surface area contributed by atoms with Crippen LogP contribution >= 0.6 is 11.3 Å². The van der Waals surface area contributed by atoms with Crippen LogP contribution < -0.4 is 5.32 Å². The smallest absolute Gasteiger partial charge is 0.0929 e. The molecule has 1 unspecified atom stereocenters. The molecule has 0 aromatic carbocycles. The van der Waals surface area contributed by atoms with Gasteiger partial charge in [0.2, 0.25) is 0 Å². The maximum absolute atomic E-state index is 5.18. The van der Waals surface area contributed by atoms with Crippen molar-refractivity contribution in [1.29, 1.82) is 0 Å². The molecule has 1 aromatic rings. The third-order valence-electron chi connectivity index (χ3n) is 2.63. The monoisotopic (exact) mass is 242 g/mol. The molecule has 0 saturated carbocycles. The fraction of sp³-hybridized carbons (Fsp3) is 0.750. The molecule has 0 aliphatic rings. The Labute approximate surface area is 102 Å². The molecule has 0 spiro atoms. The molecule has 1 heterocycles. The van der Waals surface area contributed by atoms with Crippen molar-refractivity contribution in [3.8, 4) is 0 Å². The fourth-order valence-corrected chi connectivity index (χ4v) is 2.35. The summed E-state index contributed by atoms with van der Waals surface area (Å²) in [5.74, 6) is 0. The minimum Gasteiger partial charge on any atom is -0.378 e. The van der Waals surface area contributed by atoms with Gasteiger partial charge in [-0.3, -0.25) is 0 Å². The summed E-state index contributed by atoms with van der Waals surface area (Å²) >= 11 is 1.80. The summed E-state index contributed by atoms with van der Waals surface area (Å²) < 4.78 is 5.18. The van der Waals surface area contributed by atoms with Gasteiger partial charge in [0.15, 0.2) is 0 Å². The highest BCUT2D eigenvalue weighted by Gasteiger charge is 2.10. The second kappa shape index (κ2) is 6.99. The number of nitrogens with one attached hydrogen (secondary N) is 1. The molecular formula is C12H22N2OS. The van der Waals surface area contributed by atoms with Crippen LogP contribution in [0.4, 0.5) is 0 Å². The first-order valence-corrected chi connectivity index (χ1v) is 6.72. The summed E-state index contributed by atoms with van der Waals surface area (Å²) in [5, 5.41) is 4.70. The van der Waals surface area contributed by atoms with Gasteiger partial charge < -0.3 is 10.1 Å². The van der Waals surface area contributed by atoms with Crippen molar-refractivity contribution in [3.05, 3.63) is 15.6 Å². The van der Waals surface area contributed by atoms with Crippen molar-refractivity contribution in [2.24, 2.45) is 0 Å². The van der Waals surface area contributed by atoms with Gasteiger partial charge in [0, 0.05) is 24.6 Å². The zero-order valence-electron chi connectivity index (χ0n) is 10.7. The molecule has 3 nitrogen and oxygen atoms in total. The Morgan fingerprint density at radius 3 is 2.75 bits per heavy atom. The van der Waals surface area contributed by atoms with E-state index in [0.717, 1.165) is 25.1 Å². The Morgan fingerprint density at radius 1 is 1.44 bits per heavy atom. The Kier molecular flexibility index (Phi) is 5.95. The molecule has 1 rings (SSSR count). The summed E-state index contributed by atoms with van der Waals surface area (Å²) in [7, 11) is 1.72. The third kappa shape index (κ3) is 3.85. The van der Waals surface area contributed by atoms with Crippen LogP contribution in [-0.4, -0.2) is 18.1 Å². The second-order valence-corrected chi connectivity index (χ2v) is 5.12. The van der Waals surface area contributed by atoms with Gasteiger partial charge in [0.05, 0.1) is 17.3 Å². The summed E-state index contributed by atoms with van der Waals surface area (Å²) in [6, 6.07) is 0.558. The molecule has 0 fully saturated rings. The molecule has 92 valence electrons. The Balaban J connectivity index is 2.65. The fourth-order valence-electron chi connectivity index (χ4n) is 1.39. The number of aromatic nitrogens is 1. The molecule has 0 bridgehead atoms. The van der Waals surface area contributed by atoms with E-state index in [0.29, 0.717) is 12.6 Å². The highest BCUT2D eigenvalue weighted by atomic mass is 32.1.